The van der Waals surface area contributed by atoms with Crippen LogP contribution in [0.25, 0.3) is 0 Å². The fourth-order valence-corrected chi connectivity index (χ4v) is 3.37. The highest BCUT2D eigenvalue weighted by molar-refractivity contribution is 6.37. The van der Waals surface area contributed by atoms with E-state index in [9.17, 15) is 0 Å². The second-order valence-corrected chi connectivity index (χ2v) is 6.85. The van der Waals surface area contributed by atoms with Crippen LogP contribution in [0.1, 0.15) is 38.5 Å². The average Bonchev–Trinajstić information content (AvgIpc) is 2.61. The van der Waals surface area contributed by atoms with Gasteiger partial charge in [-0.2, -0.15) is 9.97 Å². The third kappa shape index (κ3) is 4.80. The number of aromatic nitrogens is 2. The Morgan fingerprint density at radius 1 is 0.708 bits per heavy atom. The number of rotatable bonds is 4. The SMILES string of the molecule is Clc1nc(N=CN2CCCCC2)nc(Cl)c1N=CN1CCCCC1. The summed E-state index contributed by atoms with van der Waals surface area (Å²) in [5.41, 5.74) is 0.404. The van der Waals surface area contributed by atoms with Gasteiger partial charge in [0.05, 0.1) is 12.7 Å². The van der Waals surface area contributed by atoms with E-state index >= 15 is 0 Å². The molecule has 1 aromatic rings. The lowest BCUT2D eigenvalue weighted by Gasteiger charge is -2.24. The highest BCUT2D eigenvalue weighted by Crippen LogP contribution is 2.31. The zero-order valence-electron chi connectivity index (χ0n) is 13.7. The van der Waals surface area contributed by atoms with Crippen LogP contribution in [0.3, 0.4) is 0 Å². The molecule has 0 amide bonds. The fourth-order valence-electron chi connectivity index (χ4n) is 2.90. The van der Waals surface area contributed by atoms with Crippen LogP contribution >= 0.6 is 23.2 Å². The van der Waals surface area contributed by atoms with E-state index in [1.807, 2.05) is 0 Å². The molecular formula is C16H22Cl2N6. The lowest BCUT2D eigenvalue weighted by molar-refractivity contribution is 0.351. The molecule has 0 saturated carbocycles. The Bertz CT molecular complexity index is 584. The molecular weight excluding hydrogens is 347 g/mol. The molecule has 0 atom stereocenters. The first-order valence-electron chi connectivity index (χ1n) is 8.52. The van der Waals surface area contributed by atoms with Gasteiger partial charge in [0.25, 0.3) is 5.95 Å². The second kappa shape index (κ2) is 8.62. The van der Waals surface area contributed by atoms with E-state index in [0.717, 1.165) is 26.2 Å². The van der Waals surface area contributed by atoms with Gasteiger partial charge in [0.2, 0.25) is 0 Å². The van der Waals surface area contributed by atoms with Gasteiger partial charge in [0, 0.05) is 26.2 Å². The van der Waals surface area contributed by atoms with Crippen LogP contribution in [0, 0.1) is 0 Å². The van der Waals surface area contributed by atoms with Gasteiger partial charge in [-0.15, -0.1) is 0 Å². The van der Waals surface area contributed by atoms with E-state index in [1.165, 1.54) is 38.5 Å². The molecule has 0 aliphatic carbocycles. The standard InChI is InChI=1S/C16H22Cl2N6/c17-14-13(19-11-23-7-3-1-4-8-23)15(18)22-16(21-14)20-12-24-9-5-2-6-10-24/h11-12H,1-10H2. The largest absolute Gasteiger partial charge is 0.363 e. The van der Waals surface area contributed by atoms with Crippen LogP contribution in [-0.2, 0) is 0 Å². The fraction of sp³-hybridized carbons (Fsp3) is 0.625. The molecule has 2 aliphatic rings. The third-order valence-electron chi connectivity index (χ3n) is 4.26. The average molecular weight is 369 g/mol. The van der Waals surface area contributed by atoms with Crippen molar-refractivity contribution in [2.24, 2.45) is 9.98 Å². The van der Waals surface area contributed by atoms with Gasteiger partial charge in [0.15, 0.2) is 10.3 Å². The molecule has 24 heavy (non-hydrogen) atoms. The van der Waals surface area contributed by atoms with E-state index in [1.54, 1.807) is 12.7 Å². The summed E-state index contributed by atoms with van der Waals surface area (Å²) in [6.45, 7) is 4.06. The first-order chi connectivity index (χ1) is 11.7. The van der Waals surface area contributed by atoms with Crippen molar-refractivity contribution in [3.8, 4) is 0 Å². The molecule has 8 heteroatoms. The summed E-state index contributed by atoms with van der Waals surface area (Å²) in [5.74, 6) is 0.271. The predicted octanol–water partition coefficient (Wildman–Crippen LogP) is 4.07. The van der Waals surface area contributed by atoms with Gasteiger partial charge in [0.1, 0.15) is 5.69 Å². The van der Waals surface area contributed by atoms with Gasteiger partial charge in [-0.3, -0.25) is 0 Å². The zero-order chi connectivity index (χ0) is 16.8. The molecule has 130 valence electrons. The molecule has 3 rings (SSSR count). The van der Waals surface area contributed by atoms with Crippen molar-refractivity contribution < 1.29 is 0 Å². The Morgan fingerprint density at radius 3 is 1.67 bits per heavy atom. The van der Waals surface area contributed by atoms with Crippen LogP contribution in [0.4, 0.5) is 11.6 Å². The molecule has 0 unspecified atom stereocenters. The van der Waals surface area contributed by atoms with E-state index in [2.05, 4.69) is 29.8 Å². The van der Waals surface area contributed by atoms with Crippen molar-refractivity contribution in [3.05, 3.63) is 10.3 Å². The number of hydrogen-bond donors (Lipinski definition) is 0. The maximum Gasteiger partial charge on any atom is 0.253 e. The van der Waals surface area contributed by atoms with E-state index in [4.69, 9.17) is 23.2 Å². The quantitative estimate of drug-likeness (QED) is 0.456. The van der Waals surface area contributed by atoms with Gasteiger partial charge in [-0.05, 0) is 38.5 Å². The Labute approximate surface area is 152 Å². The van der Waals surface area contributed by atoms with Gasteiger partial charge in [-0.1, -0.05) is 23.2 Å². The highest BCUT2D eigenvalue weighted by Gasteiger charge is 2.12. The molecule has 0 N–H and O–H groups in total. The minimum absolute atomic E-state index is 0.231. The van der Waals surface area contributed by atoms with Crippen LogP contribution in [0.2, 0.25) is 10.3 Å². The lowest BCUT2D eigenvalue weighted by Crippen LogP contribution is -2.28. The normalized spacial score (nSPS) is 19.6. The summed E-state index contributed by atoms with van der Waals surface area (Å²) in [5, 5.41) is 0.461. The zero-order valence-corrected chi connectivity index (χ0v) is 15.2. The van der Waals surface area contributed by atoms with Gasteiger partial charge < -0.3 is 9.80 Å². The third-order valence-corrected chi connectivity index (χ3v) is 4.78. The van der Waals surface area contributed by atoms with Crippen molar-refractivity contribution in [1.29, 1.82) is 0 Å². The second-order valence-electron chi connectivity index (χ2n) is 6.14. The summed E-state index contributed by atoms with van der Waals surface area (Å²) in [6.07, 6.45) is 10.9. The van der Waals surface area contributed by atoms with Gasteiger partial charge in [-0.25, -0.2) is 9.98 Å². The summed E-state index contributed by atoms with van der Waals surface area (Å²) >= 11 is 12.4. The molecule has 0 radical (unpaired) electrons. The van der Waals surface area contributed by atoms with E-state index < -0.39 is 0 Å². The Balaban J connectivity index is 1.68. The monoisotopic (exact) mass is 368 g/mol. The molecule has 0 aromatic carbocycles. The molecule has 2 saturated heterocycles. The Kier molecular flexibility index (Phi) is 6.26. The number of hydrogen-bond acceptors (Lipinski definition) is 4. The summed E-state index contributed by atoms with van der Waals surface area (Å²) in [7, 11) is 0. The number of likely N-dealkylation sites (tertiary alicyclic amines) is 2. The number of aliphatic imine (C=N–C) groups is 2. The van der Waals surface area contributed by atoms with Crippen LogP contribution in [-0.4, -0.2) is 58.6 Å². The summed E-state index contributed by atoms with van der Waals surface area (Å²) in [6, 6.07) is 0. The van der Waals surface area contributed by atoms with E-state index in [0.29, 0.717) is 5.69 Å². The molecule has 2 aliphatic heterocycles. The number of nitrogens with zero attached hydrogens (tertiary/aromatic N) is 6. The Morgan fingerprint density at radius 2 is 1.17 bits per heavy atom. The highest BCUT2D eigenvalue weighted by atomic mass is 35.5. The minimum Gasteiger partial charge on any atom is -0.363 e. The topological polar surface area (TPSA) is 57.0 Å². The summed E-state index contributed by atoms with van der Waals surface area (Å²) < 4.78 is 0. The Hall–Kier alpha value is -1.40. The first kappa shape index (κ1) is 17.4. The first-order valence-corrected chi connectivity index (χ1v) is 9.27. The van der Waals surface area contributed by atoms with Crippen LogP contribution in [0.5, 0.6) is 0 Å². The maximum atomic E-state index is 6.22. The minimum atomic E-state index is 0.231. The smallest absolute Gasteiger partial charge is 0.253 e. The van der Waals surface area contributed by atoms with Crippen molar-refractivity contribution in [2.75, 3.05) is 26.2 Å². The number of halogens is 2. The molecule has 1 aromatic heterocycles. The lowest BCUT2D eigenvalue weighted by atomic mass is 10.1. The summed E-state index contributed by atoms with van der Waals surface area (Å²) in [4.78, 5) is 21.4. The number of piperidine rings is 2. The molecule has 6 nitrogen and oxygen atoms in total. The molecule has 0 spiro atoms. The van der Waals surface area contributed by atoms with Crippen LogP contribution < -0.4 is 0 Å². The van der Waals surface area contributed by atoms with Gasteiger partial charge >= 0.3 is 0 Å². The maximum absolute atomic E-state index is 6.22. The van der Waals surface area contributed by atoms with Crippen molar-refractivity contribution >= 4 is 47.5 Å². The van der Waals surface area contributed by atoms with E-state index in [-0.39, 0.29) is 16.3 Å². The molecule has 3 heterocycles. The van der Waals surface area contributed by atoms with Crippen molar-refractivity contribution in [3.63, 3.8) is 0 Å². The predicted molar refractivity (Wildman–Crippen MR) is 99.2 cm³/mol. The molecule has 0 bridgehead atoms. The van der Waals surface area contributed by atoms with Crippen LogP contribution in [0.15, 0.2) is 9.98 Å². The van der Waals surface area contributed by atoms with Crippen molar-refractivity contribution in [1.82, 2.24) is 19.8 Å². The van der Waals surface area contributed by atoms with Crippen molar-refractivity contribution in [2.45, 2.75) is 38.5 Å². The molecule has 2 fully saturated rings.